The number of pyridine rings is 1. The van der Waals surface area contributed by atoms with Crippen LogP contribution in [0.4, 0.5) is 5.69 Å². The van der Waals surface area contributed by atoms with Gasteiger partial charge in [0.25, 0.3) is 0 Å². The first-order chi connectivity index (χ1) is 7.85. The summed E-state index contributed by atoms with van der Waals surface area (Å²) < 4.78 is 5.23. The number of aromatic nitrogens is 1. The second kappa shape index (κ2) is 4.84. The molecule has 0 spiro atoms. The molecule has 0 saturated carbocycles. The third-order valence-electron chi connectivity index (χ3n) is 2.51. The monoisotopic (exact) mass is 216 g/mol. The minimum Gasteiger partial charge on any atom is -0.497 e. The molecule has 3 nitrogen and oxygen atoms in total. The molecule has 1 aromatic carbocycles. The maximum Gasteiger partial charge on any atom is 0.119 e. The Morgan fingerprint density at radius 2 is 2.19 bits per heavy atom. The molecule has 1 aromatic heterocycles. The SMILES string of the molecule is CCCNc1ccnc2ccc(OC)cc12. The number of rotatable bonds is 4. The summed E-state index contributed by atoms with van der Waals surface area (Å²) in [5.74, 6) is 0.861. The van der Waals surface area contributed by atoms with E-state index in [0.29, 0.717) is 0 Å². The molecule has 0 radical (unpaired) electrons. The van der Waals surface area contributed by atoms with Gasteiger partial charge >= 0.3 is 0 Å². The first-order valence-electron chi connectivity index (χ1n) is 5.51. The van der Waals surface area contributed by atoms with Gasteiger partial charge in [-0.15, -0.1) is 0 Å². The maximum atomic E-state index is 5.23. The molecule has 16 heavy (non-hydrogen) atoms. The average molecular weight is 216 g/mol. The van der Waals surface area contributed by atoms with Crippen LogP contribution in [0.15, 0.2) is 30.5 Å². The zero-order valence-electron chi connectivity index (χ0n) is 9.66. The summed E-state index contributed by atoms with van der Waals surface area (Å²) in [6, 6.07) is 7.92. The van der Waals surface area contributed by atoms with Crippen molar-refractivity contribution >= 4 is 16.6 Å². The van der Waals surface area contributed by atoms with E-state index >= 15 is 0 Å². The van der Waals surface area contributed by atoms with Gasteiger partial charge in [-0.2, -0.15) is 0 Å². The van der Waals surface area contributed by atoms with Crippen molar-refractivity contribution in [2.75, 3.05) is 19.0 Å². The van der Waals surface area contributed by atoms with Gasteiger partial charge in [-0.25, -0.2) is 0 Å². The summed E-state index contributed by atoms with van der Waals surface area (Å²) in [5, 5.41) is 4.50. The van der Waals surface area contributed by atoms with Crippen LogP contribution in [0.5, 0.6) is 5.75 Å². The van der Waals surface area contributed by atoms with Crippen molar-refractivity contribution in [1.82, 2.24) is 4.98 Å². The molecule has 0 aliphatic rings. The zero-order valence-corrected chi connectivity index (χ0v) is 9.66. The molecular formula is C13H16N2O. The van der Waals surface area contributed by atoms with Crippen molar-refractivity contribution in [1.29, 1.82) is 0 Å². The van der Waals surface area contributed by atoms with Crippen molar-refractivity contribution in [3.8, 4) is 5.75 Å². The molecule has 0 aliphatic carbocycles. The lowest BCUT2D eigenvalue weighted by molar-refractivity contribution is 0.415. The number of fused-ring (bicyclic) bond motifs is 1. The summed E-state index contributed by atoms with van der Waals surface area (Å²) >= 11 is 0. The van der Waals surface area contributed by atoms with Crippen LogP contribution in [0.2, 0.25) is 0 Å². The van der Waals surface area contributed by atoms with Crippen LogP contribution in [0.25, 0.3) is 10.9 Å². The number of nitrogens with zero attached hydrogens (tertiary/aromatic N) is 1. The minimum absolute atomic E-state index is 0.861. The number of hydrogen-bond donors (Lipinski definition) is 1. The van der Waals surface area contributed by atoms with E-state index in [2.05, 4.69) is 17.2 Å². The summed E-state index contributed by atoms with van der Waals surface area (Å²) in [5.41, 5.74) is 2.10. The Morgan fingerprint density at radius 3 is 2.94 bits per heavy atom. The van der Waals surface area contributed by atoms with Crippen molar-refractivity contribution in [2.45, 2.75) is 13.3 Å². The largest absolute Gasteiger partial charge is 0.497 e. The van der Waals surface area contributed by atoms with Gasteiger partial charge in [-0.05, 0) is 30.7 Å². The summed E-state index contributed by atoms with van der Waals surface area (Å²) in [7, 11) is 1.68. The molecule has 0 aliphatic heterocycles. The molecular weight excluding hydrogens is 200 g/mol. The second-order valence-corrected chi connectivity index (χ2v) is 3.67. The Hall–Kier alpha value is -1.77. The van der Waals surface area contributed by atoms with E-state index in [1.165, 1.54) is 0 Å². The van der Waals surface area contributed by atoms with Crippen LogP contribution in [0, 0.1) is 0 Å². The Labute approximate surface area is 95.5 Å². The standard InChI is InChI=1S/C13H16N2O/c1-3-7-14-13-6-8-15-12-5-4-10(16-2)9-11(12)13/h4-6,8-9H,3,7H2,1-2H3,(H,14,15). The van der Waals surface area contributed by atoms with Crippen LogP contribution in [0.3, 0.4) is 0 Å². The van der Waals surface area contributed by atoms with E-state index in [0.717, 1.165) is 35.3 Å². The quantitative estimate of drug-likeness (QED) is 0.852. The van der Waals surface area contributed by atoms with E-state index in [1.807, 2.05) is 30.5 Å². The van der Waals surface area contributed by atoms with Crippen molar-refractivity contribution < 1.29 is 4.74 Å². The van der Waals surface area contributed by atoms with E-state index < -0.39 is 0 Å². The lowest BCUT2D eigenvalue weighted by Crippen LogP contribution is -2.00. The normalized spacial score (nSPS) is 10.4. The number of ether oxygens (including phenoxy) is 1. The zero-order chi connectivity index (χ0) is 11.4. The van der Waals surface area contributed by atoms with Crippen LogP contribution in [0.1, 0.15) is 13.3 Å². The Morgan fingerprint density at radius 1 is 1.31 bits per heavy atom. The first-order valence-corrected chi connectivity index (χ1v) is 5.51. The molecule has 0 bridgehead atoms. The predicted molar refractivity (Wildman–Crippen MR) is 67.1 cm³/mol. The first kappa shape index (κ1) is 10.7. The molecule has 2 aromatic rings. The minimum atomic E-state index is 0.861. The molecule has 84 valence electrons. The summed E-state index contributed by atoms with van der Waals surface area (Å²) in [6.45, 7) is 3.12. The fraction of sp³-hybridized carbons (Fsp3) is 0.308. The highest BCUT2D eigenvalue weighted by Gasteiger charge is 2.02. The fourth-order valence-corrected chi connectivity index (χ4v) is 1.67. The second-order valence-electron chi connectivity index (χ2n) is 3.67. The number of benzene rings is 1. The molecule has 3 heteroatoms. The van der Waals surface area contributed by atoms with E-state index in [4.69, 9.17) is 4.74 Å². The highest BCUT2D eigenvalue weighted by atomic mass is 16.5. The average Bonchev–Trinajstić information content (AvgIpc) is 2.35. The van der Waals surface area contributed by atoms with Gasteiger partial charge in [-0.1, -0.05) is 6.92 Å². The van der Waals surface area contributed by atoms with Gasteiger partial charge in [0.15, 0.2) is 0 Å². The van der Waals surface area contributed by atoms with Crippen LogP contribution < -0.4 is 10.1 Å². The van der Waals surface area contributed by atoms with Gasteiger partial charge in [-0.3, -0.25) is 4.98 Å². The van der Waals surface area contributed by atoms with Crippen LogP contribution >= 0.6 is 0 Å². The number of methoxy groups -OCH3 is 1. The third kappa shape index (κ3) is 2.08. The topological polar surface area (TPSA) is 34.2 Å². The lowest BCUT2D eigenvalue weighted by Gasteiger charge is -2.09. The highest BCUT2D eigenvalue weighted by molar-refractivity contribution is 5.92. The van der Waals surface area contributed by atoms with Crippen molar-refractivity contribution in [2.24, 2.45) is 0 Å². The van der Waals surface area contributed by atoms with Crippen LogP contribution in [-0.2, 0) is 0 Å². The number of nitrogens with one attached hydrogen (secondary N) is 1. The molecule has 0 amide bonds. The summed E-state index contributed by atoms with van der Waals surface area (Å²) in [6.07, 6.45) is 2.93. The van der Waals surface area contributed by atoms with Gasteiger partial charge in [0.05, 0.1) is 12.6 Å². The number of anilines is 1. The predicted octanol–water partition coefficient (Wildman–Crippen LogP) is 3.07. The highest BCUT2D eigenvalue weighted by Crippen LogP contribution is 2.25. The van der Waals surface area contributed by atoms with Gasteiger partial charge in [0.1, 0.15) is 5.75 Å². The molecule has 0 unspecified atom stereocenters. The smallest absolute Gasteiger partial charge is 0.119 e. The van der Waals surface area contributed by atoms with E-state index in [1.54, 1.807) is 7.11 Å². The van der Waals surface area contributed by atoms with Gasteiger partial charge in [0, 0.05) is 23.8 Å². The van der Waals surface area contributed by atoms with Gasteiger partial charge < -0.3 is 10.1 Å². The Bertz CT molecular complexity index is 482. The molecule has 1 heterocycles. The van der Waals surface area contributed by atoms with Crippen molar-refractivity contribution in [3.05, 3.63) is 30.5 Å². The maximum absolute atomic E-state index is 5.23. The lowest BCUT2D eigenvalue weighted by atomic mass is 10.1. The van der Waals surface area contributed by atoms with E-state index in [-0.39, 0.29) is 0 Å². The molecule has 1 N–H and O–H groups in total. The molecule has 0 saturated heterocycles. The van der Waals surface area contributed by atoms with E-state index in [9.17, 15) is 0 Å². The molecule has 0 fully saturated rings. The fourth-order valence-electron chi connectivity index (χ4n) is 1.67. The van der Waals surface area contributed by atoms with Crippen molar-refractivity contribution in [3.63, 3.8) is 0 Å². The summed E-state index contributed by atoms with van der Waals surface area (Å²) in [4.78, 5) is 4.33. The molecule has 0 atom stereocenters. The van der Waals surface area contributed by atoms with Gasteiger partial charge in [0.2, 0.25) is 0 Å². The Balaban J connectivity index is 2.46. The molecule has 2 rings (SSSR count). The van der Waals surface area contributed by atoms with Crippen LogP contribution in [-0.4, -0.2) is 18.6 Å². The third-order valence-corrected chi connectivity index (χ3v) is 2.51. The Kier molecular flexibility index (Phi) is 3.25. The number of hydrogen-bond acceptors (Lipinski definition) is 3.